The number of hydrogen-bond donors (Lipinski definition) is 2. The Labute approximate surface area is 100 Å². The Kier molecular flexibility index (Phi) is 3.78. The molecule has 0 radical (unpaired) electrons. The third kappa shape index (κ3) is 2.74. The Morgan fingerprint density at radius 2 is 2.13 bits per heavy atom. The van der Waals surface area contributed by atoms with Crippen LogP contribution < -0.4 is 16.4 Å². The van der Waals surface area contributed by atoms with Crippen molar-refractivity contribution in [1.82, 2.24) is 0 Å². The molecule has 0 aliphatic heterocycles. The van der Waals surface area contributed by atoms with Gasteiger partial charge >= 0.3 is 6.03 Å². The quantitative estimate of drug-likeness (QED) is 0.601. The van der Waals surface area contributed by atoms with E-state index in [-0.39, 0.29) is 5.96 Å². The maximum absolute atomic E-state index is 11.4. The zero-order valence-corrected chi connectivity index (χ0v) is 10.0. The van der Waals surface area contributed by atoms with E-state index in [1.807, 2.05) is 0 Å². The normalized spacial score (nSPS) is 9.80. The molecule has 1 rings (SSSR count). The van der Waals surface area contributed by atoms with Gasteiger partial charge in [0.05, 0.1) is 10.7 Å². The molecule has 0 bridgehead atoms. The van der Waals surface area contributed by atoms with Gasteiger partial charge in [0.1, 0.15) is 4.34 Å². The molecule has 5 nitrogen and oxygen atoms in total. The standard InChI is InChI=1S/C7H8Cl2N4OS/c1-13(7(14)12-6(10)11)4-3(8)2-15-5(4)9/h2H,1H3,(H4,10,11,12,14). The maximum atomic E-state index is 11.4. The lowest BCUT2D eigenvalue weighted by molar-refractivity contribution is 0.255. The molecule has 0 aromatic carbocycles. The van der Waals surface area contributed by atoms with E-state index in [1.54, 1.807) is 5.38 Å². The summed E-state index contributed by atoms with van der Waals surface area (Å²) in [5, 5.41) is 2.00. The first kappa shape index (κ1) is 12.1. The number of rotatable bonds is 1. The fraction of sp³-hybridized carbons (Fsp3) is 0.143. The van der Waals surface area contributed by atoms with E-state index < -0.39 is 6.03 Å². The van der Waals surface area contributed by atoms with Crippen molar-refractivity contribution >= 4 is 52.2 Å². The highest BCUT2D eigenvalue weighted by molar-refractivity contribution is 7.15. The van der Waals surface area contributed by atoms with Crippen molar-refractivity contribution < 1.29 is 4.79 Å². The Morgan fingerprint density at radius 1 is 1.53 bits per heavy atom. The number of anilines is 1. The van der Waals surface area contributed by atoms with Gasteiger partial charge in [0.2, 0.25) is 0 Å². The van der Waals surface area contributed by atoms with E-state index in [9.17, 15) is 4.79 Å². The van der Waals surface area contributed by atoms with Gasteiger partial charge in [-0.25, -0.2) is 4.79 Å². The summed E-state index contributed by atoms with van der Waals surface area (Å²) in [5.74, 6) is -0.311. The minimum atomic E-state index is -0.628. The summed E-state index contributed by atoms with van der Waals surface area (Å²) in [7, 11) is 1.48. The van der Waals surface area contributed by atoms with Crippen LogP contribution in [0.25, 0.3) is 0 Å². The topological polar surface area (TPSA) is 84.7 Å². The van der Waals surface area contributed by atoms with E-state index in [2.05, 4.69) is 4.99 Å². The van der Waals surface area contributed by atoms with E-state index in [0.29, 0.717) is 15.0 Å². The number of carbonyl (C=O) groups is 1. The molecule has 0 saturated heterocycles. The summed E-state index contributed by atoms with van der Waals surface area (Å²) < 4.78 is 0.404. The van der Waals surface area contributed by atoms with Crippen LogP contribution in [0.2, 0.25) is 9.36 Å². The number of nitrogens with zero attached hydrogens (tertiary/aromatic N) is 2. The van der Waals surface area contributed by atoms with Crippen molar-refractivity contribution in [3.63, 3.8) is 0 Å². The SMILES string of the molecule is CN(C(=O)N=C(N)N)c1c(Cl)csc1Cl. The molecule has 82 valence electrons. The molecule has 1 heterocycles. The highest BCUT2D eigenvalue weighted by Gasteiger charge is 2.18. The summed E-state index contributed by atoms with van der Waals surface area (Å²) in [6, 6.07) is -0.628. The third-order valence-electron chi connectivity index (χ3n) is 1.53. The third-order valence-corrected chi connectivity index (χ3v) is 3.14. The van der Waals surface area contributed by atoms with Crippen LogP contribution in [-0.2, 0) is 0 Å². The van der Waals surface area contributed by atoms with Crippen molar-refractivity contribution in [1.29, 1.82) is 0 Å². The van der Waals surface area contributed by atoms with Crippen molar-refractivity contribution in [3.8, 4) is 0 Å². The average Bonchev–Trinajstić information content (AvgIpc) is 2.44. The fourth-order valence-corrected chi connectivity index (χ4v) is 2.38. The van der Waals surface area contributed by atoms with Gasteiger partial charge in [0, 0.05) is 12.4 Å². The highest BCUT2D eigenvalue weighted by atomic mass is 35.5. The molecule has 2 amide bonds. The summed E-state index contributed by atoms with van der Waals surface area (Å²) >= 11 is 12.9. The van der Waals surface area contributed by atoms with Gasteiger partial charge in [-0.05, 0) is 0 Å². The summed E-state index contributed by atoms with van der Waals surface area (Å²) in [6.45, 7) is 0. The van der Waals surface area contributed by atoms with E-state index in [1.165, 1.54) is 23.3 Å². The van der Waals surface area contributed by atoms with Crippen LogP contribution in [0.5, 0.6) is 0 Å². The largest absolute Gasteiger partial charge is 0.370 e. The Hall–Kier alpha value is -0.980. The predicted molar refractivity (Wildman–Crippen MR) is 63.9 cm³/mol. The summed E-state index contributed by atoms with van der Waals surface area (Å²) in [6.07, 6.45) is 0. The Bertz CT molecular complexity index is 394. The Balaban J connectivity index is 3.00. The predicted octanol–water partition coefficient (Wildman–Crippen LogP) is 1.88. The second-order valence-electron chi connectivity index (χ2n) is 2.58. The van der Waals surface area contributed by atoms with Crippen molar-refractivity contribution in [3.05, 3.63) is 14.7 Å². The molecule has 1 aromatic heterocycles. The minimum Gasteiger partial charge on any atom is -0.370 e. The molecule has 0 aliphatic rings. The second-order valence-corrected chi connectivity index (χ2v) is 4.47. The molecule has 0 saturated carbocycles. The number of amides is 2. The number of hydrogen-bond acceptors (Lipinski definition) is 2. The molecule has 4 N–H and O–H groups in total. The number of nitrogens with two attached hydrogens (primary N) is 2. The van der Waals surface area contributed by atoms with Gasteiger partial charge in [0.15, 0.2) is 5.96 Å². The maximum Gasteiger partial charge on any atom is 0.351 e. The first-order chi connectivity index (χ1) is 6.93. The monoisotopic (exact) mass is 266 g/mol. The number of halogens is 2. The first-order valence-electron chi connectivity index (χ1n) is 3.73. The number of carbonyl (C=O) groups excluding carboxylic acids is 1. The highest BCUT2D eigenvalue weighted by Crippen LogP contribution is 2.38. The summed E-state index contributed by atoms with van der Waals surface area (Å²) in [5.41, 5.74) is 10.6. The second kappa shape index (κ2) is 4.69. The van der Waals surface area contributed by atoms with Gasteiger partial charge in [0.25, 0.3) is 0 Å². The number of aliphatic imine (C=N–C) groups is 1. The van der Waals surface area contributed by atoms with Crippen molar-refractivity contribution in [2.75, 3.05) is 11.9 Å². The van der Waals surface area contributed by atoms with Crippen LogP contribution in [0.3, 0.4) is 0 Å². The van der Waals surface area contributed by atoms with Crippen LogP contribution in [0, 0.1) is 0 Å². The average molecular weight is 267 g/mol. The van der Waals surface area contributed by atoms with Crippen molar-refractivity contribution in [2.24, 2.45) is 16.5 Å². The first-order valence-corrected chi connectivity index (χ1v) is 5.37. The van der Waals surface area contributed by atoms with Crippen LogP contribution in [0.4, 0.5) is 10.5 Å². The summed E-state index contributed by atoms with van der Waals surface area (Å²) in [4.78, 5) is 16.0. The van der Waals surface area contributed by atoms with Gasteiger partial charge in [-0.1, -0.05) is 23.2 Å². The van der Waals surface area contributed by atoms with E-state index in [4.69, 9.17) is 34.7 Å². The molecule has 1 aromatic rings. The van der Waals surface area contributed by atoms with Gasteiger partial charge in [-0.3, -0.25) is 4.90 Å². The van der Waals surface area contributed by atoms with Crippen LogP contribution in [0.1, 0.15) is 0 Å². The van der Waals surface area contributed by atoms with Crippen LogP contribution >= 0.6 is 34.5 Å². The van der Waals surface area contributed by atoms with Gasteiger partial charge in [-0.15, -0.1) is 11.3 Å². The zero-order chi connectivity index (χ0) is 11.6. The lowest BCUT2D eigenvalue weighted by Gasteiger charge is -2.13. The molecule has 0 unspecified atom stereocenters. The minimum absolute atomic E-state index is 0.311. The molecule has 8 heteroatoms. The molecular weight excluding hydrogens is 259 g/mol. The van der Waals surface area contributed by atoms with Crippen LogP contribution in [-0.4, -0.2) is 19.0 Å². The van der Waals surface area contributed by atoms with E-state index in [0.717, 1.165) is 0 Å². The van der Waals surface area contributed by atoms with Gasteiger partial charge < -0.3 is 11.5 Å². The number of thiophene rings is 1. The fourth-order valence-electron chi connectivity index (χ4n) is 0.882. The number of urea groups is 1. The molecule has 0 atom stereocenters. The lowest BCUT2D eigenvalue weighted by atomic mass is 10.5. The molecular formula is C7H8Cl2N4OS. The van der Waals surface area contributed by atoms with Gasteiger partial charge in [-0.2, -0.15) is 4.99 Å². The molecule has 15 heavy (non-hydrogen) atoms. The Morgan fingerprint density at radius 3 is 2.53 bits per heavy atom. The number of guanidine groups is 1. The smallest absolute Gasteiger partial charge is 0.351 e. The molecule has 0 fully saturated rings. The van der Waals surface area contributed by atoms with Crippen LogP contribution in [0.15, 0.2) is 10.4 Å². The van der Waals surface area contributed by atoms with E-state index >= 15 is 0 Å². The zero-order valence-electron chi connectivity index (χ0n) is 7.70. The molecule has 0 aliphatic carbocycles. The molecule has 0 spiro atoms. The van der Waals surface area contributed by atoms with Crippen molar-refractivity contribution in [2.45, 2.75) is 0 Å². The lowest BCUT2D eigenvalue weighted by Crippen LogP contribution is -2.30.